The number of nitrogens with zero attached hydrogens (tertiary/aromatic N) is 2. The molecular formula is C18H16ClFN2O2S. The molecule has 4 rings (SSSR count). The van der Waals surface area contributed by atoms with Crippen molar-refractivity contribution in [2.24, 2.45) is 0 Å². The van der Waals surface area contributed by atoms with Gasteiger partial charge in [0.1, 0.15) is 5.82 Å². The van der Waals surface area contributed by atoms with Crippen LogP contribution in [0.3, 0.4) is 0 Å². The lowest BCUT2D eigenvalue weighted by atomic mass is 10.0. The third kappa shape index (κ3) is 2.47. The molecule has 4 nitrogen and oxygen atoms in total. The fourth-order valence-electron chi connectivity index (χ4n) is 3.34. The maximum absolute atomic E-state index is 13.8. The molecular weight excluding hydrogens is 363 g/mol. The second-order valence-corrected chi connectivity index (χ2v) is 8.72. The average molecular weight is 379 g/mol. The monoisotopic (exact) mass is 378 g/mol. The highest BCUT2D eigenvalue weighted by molar-refractivity contribution is 7.90. The Morgan fingerprint density at radius 3 is 2.64 bits per heavy atom. The zero-order valence-corrected chi connectivity index (χ0v) is 15.3. The van der Waals surface area contributed by atoms with Crippen LogP contribution in [0.4, 0.5) is 4.39 Å². The van der Waals surface area contributed by atoms with Gasteiger partial charge in [0.15, 0.2) is 0 Å². The van der Waals surface area contributed by atoms with E-state index in [1.807, 2.05) is 19.0 Å². The summed E-state index contributed by atoms with van der Waals surface area (Å²) in [7, 11) is 0.165. The summed E-state index contributed by atoms with van der Waals surface area (Å²) in [6, 6.07) is 7.22. The van der Waals surface area contributed by atoms with Crippen molar-refractivity contribution in [3.05, 3.63) is 52.9 Å². The van der Waals surface area contributed by atoms with Gasteiger partial charge in [-0.15, -0.1) is 0 Å². The number of rotatable bonds is 3. The van der Waals surface area contributed by atoms with Crippen molar-refractivity contribution in [3.8, 4) is 11.1 Å². The minimum absolute atomic E-state index is 0.0970. The van der Waals surface area contributed by atoms with Crippen LogP contribution in [0.2, 0.25) is 5.02 Å². The highest BCUT2D eigenvalue weighted by atomic mass is 35.5. The van der Waals surface area contributed by atoms with Crippen LogP contribution in [0.15, 0.2) is 41.4 Å². The topological polar surface area (TPSA) is 42.3 Å². The van der Waals surface area contributed by atoms with Crippen LogP contribution in [0.1, 0.15) is 5.56 Å². The number of fused-ring (bicyclic) bond motifs is 2. The van der Waals surface area contributed by atoms with E-state index in [0.29, 0.717) is 28.1 Å². The van der Waals surface area contributed by atoms with Crippen molar-refractivity contribution in [2.75, 3.05) is 20.6 Å². The maximum Gasteiger partial charge on any atom is 0.268 e. The molecule has 2 aromatic carbocycles. The van der Waals surface area contributed by atoms with Crippen molar-refractivity contribution in [1.29, 1.82) is 0 Å². The number of likely N-dealkylation sites (N-methyl/N-ethyl adjacent to an activating group) is 1. The third-order valence-corrected chi connectivity index (χ3v) is 6.45. The summed E-state index contributed by atoms with van der Waals surface area (Å²) in [4.78, 5) is 2.13. The molecule has 0 N–H and O–H groups in total. The van der Waals surface area contributed by atoms with E-state index in [1.165, 1.54) is 22.2 Å². The number of benzene rings is 2. The van der Waals surface area contributed by atoms with Gasteiger partial charge in [-0.1, -0.05) is 11.6 Å². The number of halogens is 2. The van der Waals surface area contributed by atoms with Gasteiger partial charge < -0.3 is 4.90 Å². The maximum atomic E-state index is 13.8. The van der Waals surface area contributed by atoms with Crippen molar-refractivity contribution in [2.45, 2.75) is 11.3 Å². The first-order valence-electron chi connectivity index (χ1n) is 7.83. The molecule has 130 valence electrons. The molecule has 0 saturated heterocycles. The molecule has 0 unspecified atom stereocenters. The predicted octanol–water partition coefficient (Wildman–Crippen LogP) is 3.76. The van der Waals surface area contributed by atoms with Crippen molar-refractivity contribution >= 4 is 32.5 Å². The van der Waals surface area contributed by atoms with Crippen molar-refractivity contribution in [1.82, 2.24) is 8.87 Å². The fraction of sp³-hybridized carbons (Fsp3) is 0.222. The van der Waals surface area contributed by atoms with Crippen LogP contribution < -0.4 is 0 Å². The van der Waals surface area contributed by atoms with Crippen LogP contribution in [-0.2, 0) is 16.4 Å². The Morgan fingerprint density at radius 2 is 1.92 bits per heavy atom. The molecule has 0 saturated carbocycles. The molecule has 0 fully saturated rings. The van der Waals surface area contributed by atoms with E-state index >= 15 is 0 Å². The molecule has 2 heterocycles. The van der Waals surface area contributed by atoms with E-state index in [9.17, 15) is 12.8 Å². The van der Waals surface area contributed by atoms with E-state index < -0.39 is 15.8 Å². The van der Waals surface area contributed by atoms with Gasteiger partial charge in [0.2, 0.25) is 0 Å². The molecule has 0 bridgehead atoms. The standard InChI is InChI=1S/C18H16ClFN2O2S/c1-21(2)6-5-11-10-22-18-14(11)7-12(19)8-16(18)15-9-13(20)3-4-17(15)25(22,23)24/h3-4,7-10H,5-6H2,1-2H3. The summed E-state index contributed by atoms with van der Waals surface area (Å²) in [5.74, 6) is -0.477. The second kappa shape index (κ2) is 5.56. The molecule has 1 aliphatic heterocycles. The van der Waals surface area contributed by atoms with Crippen LogP contribution in [0.5, 0.6) is 0 Å². The van der Waals surface area contributed by atoms with E-state index in [0.717, 1.165) is 17.5 Å². The van der Waals surface area contributed by atoms with Gasteiger partial charge in [-0.25, -0.2) is 16.8 Å². The van der Waals surface area contributed by atoms with Crippen LogP contribution in [0.25, 0.3) is 22.0 Å². The minimum Gasteiger partial charge on any atom is -0.309 e. The Balaban J connectivity index is 2.09. The zero-order chi connectivity index (χ0) is 17.9. The molecule has 0 aliphatic carbocycles. The van der Waals surface area contributed by atoms with E-state index in [-0.39, 0.29) is 4.90 Å². The lowest BCUT2D eigenvalue weighted by molar-refractivity contribution is 0.414. The Morgan fingerprint density at radius 1 is 1.16 bits per heavy atom. The first kappa shape index (κ1) is 16.6. The summed E-state index contributed by atoms with van der Waals surface area (Å²) in [6.07, 6.45) is 2.35. The third-order valence-electron chi connectivity index (χ3n) is 4.51. The lowest BCUT2D eigenvalue weighted by Gasteiger charge is -2.20. The Hall–Kier alpha value is -1.89. The van der Waals surface area contributed by atoms with E-state index in [2.05, 4.69) is 0 Å². The average Bonchev–Trinajstić information content (AvgIpc) is 2.90. The van der Waals surface area contributed by atoms with Gasteiger partial charge in [-0.2, -0.15) is 0 Å². The van der Waals surface area contributed by atoms with Gasteiger partial charge in [0, 0.05) is 34.3 Å². The molecule has 0 spiro atoms. The number of aromatic nitrogens is 1. The molecule has 1 aromatic heterocycles. The van der Waals surface area contributed by atoms with Gasteiger partial charge in [-0.05, 0) is 56.4 Å². The van der Waals surface area contributed by atoms with Crippen LogP contribution in [0, 0.1) is 5.82 Å². The first-order chi connectivity index (χ1) is 11.8. The summed E-state index contributed by atoms with van der Waals surface area (Å²) >= 11 is 6.29. The molecule has 25 heavy (non-hydrogen) atoms. The van der Waals surface area contributed by atoms with Crippen molar-refractivity contribution in [3.63, 3.8) is 0 Å². The SMILES string of the molecule is CN(C)CCc1cn2c3c(cc(Cl)cc13)-c1cc(F)ccc1S2(=O)=O. The van der Waals surface area contributed by atoms with Crippen LogP contribution in [-0.4, -0.2) is 37.9 Å². The number of hydrogen-bond donors (Lipinski definition) is 0. The van der Waals surface area contributed by atoms with E-state index in [1.54, 1.807) is 18.3 Å². The number of hydrogen-bond acceptors (Lipinski definition) is 3. The molecule has 0 amide bonds. The molecule has 1 aliphatic rings. The smallest absolute Gasteiger partial charge is 0.268 e. The first-order valence-corrected chi connectivity index (χ1v) is 9.64. The second-order valence-electron chi connectivity index (χ2n) is 6.50. The highest BCUT2D eigenvalue weighted by Crippen LogP contribution is 2.43. The Labute approximate surface area is 150 Å². The summed E-state index contributed by atoms with van der Waals surface area (Å²) in [5, 5.41) is 1.30. The molecule has 3 aromatic rings. The normalized spacial score (nSPS) is 14.9. The minimum atomic E-state index is -3.76. The zero-order valence-electron chi connectivity index (χ0n) is 13.8. The Bertz CT molecular complexity index is 1120. The van der Waals surface area contributed by atoms with Crippen molar-refractivity contribution < 1.29 is 12.8 Å². The van der Waals surface area contributed by atoms with Gasteiger partial charge in [-0.3, -0.25) is 0 Å². The van der Waals surface area contributed by atoms with Gasteiger partial charge in [0.25, 0.3) is 10.0 Å². The predicted molar refractivity (Wildman–Crippen MR) is 97.2 cm³/mol. The summed E-state index contributed by atoms with van der Waals surface area (Å²) in [5.41, 5.74) is 2.47. The largest absolute Gasteiger partial charge is 0.309 e. The van der Waals surface area contributed by atoms with Gasteiger partial charge >= 0.3 is 0 Å². The van der Waals surface area contributed by atoms with Gasteiger partial charge in [0.05, 0.1) is 10.4 Å². The Kier molecular flexibility index (Phi) is 3.68. The summed E-state index contributed by atoms with van der Waals surface area (Å²) < 4.78 is 41.1. The molecule has 0 radical (unpaired) electrons. The summed E-state index contributed by atoms with van der Waals surface area (Å²) in [6.45, 7) is 0.780. The highest BCUT2D eigenvalue weighted by Gasteiger charge is 2.32. The quantitative estimate of drug-likeness (QED) is 0.545. The molecule has 0 atom stereocenters. The fourth-order valence-corrected chi connectivity index (χ4v) is 5.16. The molecule has 7 heteroatoms. The van der Waals surface area contributed by atoms with Crippen LogP contribution >= 0.6 is 11.6 Å². The lowest BCUT2D eigenvalue weighted by Crippen LogP contribution is -2.17. The van der Waals surface area contributed by atoms with E-state index in [4.69, 9.17) is 11.6 Å².